The number of nitrogens with one attached hydrogen (secondary N) is 2. The van der Waals surface area contributed by atoms with E-state index in [-0.39, 0.29) is 12.5 Å². The van der Waals surface area contributed by atoms with Gasteiger partial charge in [-0.1, -0.05) is 0 Å². The Bertz CT molecular complexity index is 602. The second kappa shape index (κ2) is 4.93. The highest BCUT2D eigenvalue weighted by Gasteiger charge is 2.21. The molecule has 0 bridgehead atoms. The van der Waals surface area contributed by atoms with Crippen LogP contribution in [0.15, 0.2) is 24.3 Å². The number of aliphatic hydroxyl groups excluding tert-OH is 1. The molecule has 0 aliphatic rings. The summed E-state index contributed by atoms with van der Waals surface area (Å²) in [4.78, 5) is 15.2. The molecule has 0 saturated carbocycles. The molecule has 0 spiro atoms. The van der Waals surface area contributed by atoms with Gasteiger partial charge in [0.2, 0.25) is 0 Å². The Morgan fingerprint density at radius 3 is 2.84 bits per heavy atom. The van der Waals surface area contributed by atoms with Crippen molar-refractivity contribution in [2.24, 2.45) is 0 Å². The van der Waals surface area contributed by atoms with Gasteiger partial charge in [0.25, 0.3) is 5.91 Å². The summed E-state index contributed by atoms with van der Waals surface area (Å²) in [5.74, 6) is -0.187. The highest BCUT2D eigenvalue weighted by Crippen LogP contribution is 2.19. The molecule has 1 aromatic heterocycles. The topological polar surface area (TPSA) is 91.1 Å². The molecule has 0 fully saturated rings. The van der Waals surface area contributed by atoms with Crippen LogP contribution in [0.4, 0.5) is 5.69 Å². The number of hydrogen-bond acceptors (Lipinski definition) is 3. The lowest BCUT2D eigenvalue weighted by molar-refractivity contribution is 0.0895. The number of rotatable bonds is 4. The maximum Gasteiger partial charge on any atom is 0.268 e. The van der Waals surface area contributed by atoms with Gasteiger partial charge in [0.1, 0.15) is 5.69 Å². The minimum absolute atomic E-state index is 0.0382. The summed E-state index contributed by atoms with van der Waals surface area (Å²) in [5, 5.41) is 12.8. The van der Waals surface area contributed by atoms with Crippen molar-refractivity contribution in [3.05, 3.63) is 30.0 Å². The van der Waals surface area contributed by atoms with Gasteiger partial charge in [-0.2, -0.15) is 0 Å². The summed E-state index contributed by atoms with van der Waals surface area (Å²) in [5.41, 5.74) is 7.30. The number of aromatic nitrogens is 1. The van der Waals surface area contributed by atoms with Gasteiger partial charge in [-0.05, 0) is 44.5 Å². The van der Waals surface area contributed by atoms with Crippen LogP contribution < -0.4 is 11.1 Å². The normalized spacial score (nSPS) is 11.7. The van der Waals surface area contributed by atoms with E-state index in [4.69, 9.17) is 10.8 Å². The first kappa shape index (κ1) is 13.4. The van der Waals surface area contributed by atoms with Crippen LogP contribution in [-0.4, -0.2) is 28.1 Å². The highest BCUT2D eigenvalue weighted by molar-refractivity contribution is 5.98. The maximum atomic E-state index is 12.1. The number of nitrogen functional groups attached to an aromatic ring is 1. The van der Waals surface area contributed by atoms with Crippen LogP contribution >= 0.6 is 0 Å². The van der Waals surface area contributed by atoms with E-state index in [9.17, 15) is 4.79 Å². The molecule has 0 aliphatic carbocycles. The third-order valence-electron chi connectivity index (χ3n) is 3.08. The zero-order valence-electron chi connectivity index (χ0n) is 11.2. The second-order valence-electron chi connectivity index (χ2n) is 5.34. The number of fused-ring (bicyclic) bond motifs is 1. The summed E-state index contributed by atoms with van der Waals surface area (Å²) < 4.78 is 0. The molecule has 0 aliphatic heterocycles. The van der Waals surface area contributed by atoms with Crippen LogP contribution in [0.5, 0.6) is 0 Å². The predicted octanol–water partition coefficient (Wildman–Crippen LogP) is 1.64. The zero-order chi connectivity index (χ0) is 14.0. The summed E-state index contributed by atoms with van der Waals surface area (Å²) in [6.45, 7) is 3.79. The molecule has 1 heterocycles. The van der Waals surface area contributed by atoms with Crippen LogP contribution in [0.25, 0.3) is 10.9 Å². The van der Waals surface area contributed by atoms with Crippen molar-refractivity contribution in [2.45, 2.75) is 25.8 Å². The van der Waals surface area contributed by atoms with Crippen LogP contribution in [0.2, 0.25) is 0 Å². The fourth-order valence-corrected chi connectivity index (χ4v) is 1.99. The highest BCUT2D eigenvalue weighted by atomic mass is 16.3. The summed E-state index contributed by atoms with van der Waals surface area (Å²) in [7, 11) is 0. The molecule has 5 heteroatoms. The zero-order valence-corrected chi connectivity index (χ0v) is 11.2. The van der Waals surface area contributed by atoms with Crippen LogP contribution in [0.3, 0.4) is 0 Å². The van der Waals surface area contributed by atoms with Gasteiger partial charge in [-0.3, -0.25) is 4.79 Å². The van der Waals surface area contributed by atoms with Gasteiger partial charge in [0.15, 0.2) is 0 Å². The summed E-state index contributed by atoms with van der Waals surface area (Å²) >= 11 is 0. The number of hydrogen-bond donors (Lipinski definition) is 4. The molecule has 0 unspecified atom stereocenters. The molecule has 1 aromatic carbocycles. The molecule has 0 radical (unpaired) electrons. The Hall–Kier alpha value is -2.01. The predicted molar refractivity (Wildman–Crippen MR) is 76.0 cm³/mol. The molecule has 2 aromatic rings. The fourth-order valence-electron chi connectivity index (χ4n) is 1.99. The van der Waals surface area contributed by atoms with Gasteiger partial charge >= 0.3 is 0 Å². The lowest BCUT2D eigenvalue weighted by Gasteiger charge is -2.24. The van der Waals surface area contributed by atoms with E-state index in [0.717, 1.165) is 10.9 Å². The van der Waals surface area contributed by atoms with Gasteiger partial charge in [-0.25, -0.2) is 0 Å². The average molecular weight is 261 g/mol. The van der Waals surface area contributed by atoms with Crippen molar-refractivity contribution in [1.82, 2.24) is 10.3 Å². The fraction of sp³-hybridized carbons (Fsp3) is 0.357. The molecule has 5 N–H and O–H groups in total. The van der Waals surface area contributed by atoms with Crippen LogP contribution in [0.1, 0.15) is 30.8 Å². The first-order chi connectivity index (χ1) is 8.91. The van der Waals surface area contributed by atoms with E-state index in [1.54, 1.807) is 12.1 Å². The van der Waals surface area contributed by atoms with E-state index in [0.29, 0.717) is 17.8 Å². The van der Waals surface area contributed by atoms with E-state index < -0.39 is 5.54 Å². The molecule has 19 heavy (non-hydrogen) atoms. The number of aromatic amines is 1. The second-order valence-corrected chi connectivity index (χ2v) is 5.34. The van der Waals surface area contributed by atoms with Gasteiger partial charge < -0.3 is 21.1 Å². The van der Waals surface area contributed by atoms with Gasteiger partial charge in [0, 0.05) is 28.7 Å². The lowest BCUT2D eigenvalue weighted by Crippen LogP contribution is -2.44. The molecular weight excluding hydrogens is 242 g/mol. The number of nitrogens with two attached hydrogens (primary N) is 1. The van der Waals surface area contributed by atoms with E-state index in [1.807, 2.05) is 26.0 Å². The minimum atomic E-state index is -0.442. The molecule has 102 valence electrons. The lowest BCUT2D eigenvalue weighted by atomic mass is 10.0. The van der Waals surface area contributed by atoms with Crippen molar-refractivity contribution in [1.29, 1.82) is 0 Å². The van der Waals surface area contributed by atoms with Crippen molar-refractivity contribution in [2.75, 3.05) is 12.3 Å². The number of anilines is 1. The quantitative estimate of drug-likeness (QED) is 0.630. The Morgan fingerprint density at radius 2 is 2.16 bits per heavy atom. The van der Waals surface area contributed by atoms with Crippen LogP contribution in [-0.2, 0) is 0 Å². The third-order valence-corrected chi connectivity index (χ3v) is 3.08. The Kier molecular flexibility index (Phi) is 3.48. The van der Waals surface area contributed by atoms with E-state index >= 15 is 0 Å². The average Bonchev–Trinajstić information content (AvgIpc) is 2.71. The number of aliphatic hydroxyl groups is 1. The monoisotopic (exact) mass is 261 g/mol. The molecule has 2 rings (SSSR count). The van der Waals surface area contributed by atoms with E-state index in [1.165, 1.54) is 0 Å². The van der Waals surface area contributed by atoms with Gasteiger partial charge in [-0.15, -0.1) is 0 Å². The number of H-pyrrole nitrogens is 1. The number of carbonyl (C=O) groups excluding carboxylic acids is 1. The Labute approximate surface area is 111 Å². The van der Waals surface area contributed by atoms with Crippen molar-refractivity contribution in [3.8, 4) is 0 Å². The number of benzene rings is 1. The van der Waals surface area contributed by atoms with E-state index in [2.05, 4.69) is 10.3 Å². The molecule has 1 amide bonds. The van der Waals surface area contributed by atoms with Crippen molar-refractivity contribution < 1.29 is 9.90 Å². The smallest absolute Gasteiger partial charge is 0.268 e. The number of amides is 1. The number of carbonyl (C=O) groups is 1. The minimum Gasteiger partial charge on any atom is -0.399 e. The van der Waals surface area contributed by atoms with Gasteiger partial charge in [0.05, 0.1) is 0 Å². The summed E-state index contributed by atoms with van der Waals surface area (Å²) in [6, 6.07) is 7.23. The molecule has 0 atom stereocenters. The summed E-state index contributed by atoms with van der Waals surface area (Å²) in [6.07, 6.45) is 0.506. The van der Waals surface area contributed by atoms with Crippen molar-refractivity contribution >= 4 is 22.5 Å². The SMILES string of the molecule is CC(C)(CCO)NC(=O)c1cc2cc(N)ccc2[nH]1. The molecular formula is C14H19N3O2. The van der Waals surface area contributed by atoms with Crippen LogP contribution in [0, 0.1) is 0 Å². The first-order valence-electron chi connectivity index (χ1n) is 6.23. The third kappa shape index (κ3) is 3.06. The first-order valence-corrected chi connectivity index (χ1v) is 6.23. The molecule has 5 nitrogen and oxygen atoms in total. The molecule has 0 saturated heterocycles. The standard InChI is InChI=1S/C14H19N3O2/c1-14(2,5-6-18)17-13(19)12-8-9-7-10(15)3-4-11(9)16-12/h3-4,7-8,16,18H,5-6,15H2,1-2H3,(H,17,19). The Balaban J connectivity index is 2.22. The van der Waals surface area contributed by atoms with Crippen molar-refractivity contribution in [3.63, 3.8) is 0 Å². The maximum absolute atomic E-state index is 12.1. The Morgan fingerprint density at radius 1 is 1.42 bits per heavy atom. The largest absolute Gasteiger partial charge is 0.399 e.